The maximum absolute atomic E-state index is 9.58. The molecule has 4 aromatic rings. The fourth-order valence-electron chi connectivity index (χ4n) is 2.74. The molecule has 0 saturated carbocycles. The van der Waals surface area contributed by atoms with Crippen LogP contribution in [0.2, 0.25) is 0 Å². The van der Waals surface area contributed by atoms with Gasteiger partial charge in [0.05, 0.1) is 0 Å². The van der Waals surface area contributed by atoms with E-state index in [2.05, 4.69) is 0 Å². The fourth-order valence-corrected chi connectivity index (χ4v) is 2.74. The van der Waals surface area contributed by atoms with Gasteiger partial charge in [-0.1, -0.05) is 84.9 Å². The molecular weight excluding hydrogens is 336 g/mol. The first-order valence-electron chi connectivity index (χ1n) is 8.56. The summed E-state index contributed by atoms with van der Waals surface area (Å²) in [5.74, 6) is 0.678. The van der Waals surface area contributed by atoms with Crippen LogP contribution in [0.5, 0.6) is 17.2 Å². The van der Waals surface area contributed by atoms with Crippen LogP contribution in [-0.2, 0) is 0 Å². The van der Waals surface area contributed by atoms with Crippen molar-refractivity contribution in [2.75, 3.05) is 0 Å². The summed E-state index contributed by atoms with van der Waals surface area (Å²) in [5.41, 5.74) is 3.21. The van der Waals surface area contributed by atoms with Gasteiger partial charge in [0, 0.05) is 16.7 Å². The summed E-state index contributed by atoms with van der Waals surface area (Å²) >= 11 is 0. The van der Waals surface area contributed by atoms with Crippen molar-refractivity contribution in [1.82, 2.24) is 0 Å². The van der Waals surface area contributed by atoms with Crippen LogP contribution in [0, 0.1) is 0 Å². The number of hydrogen-bond donors (Lipinski definition) is 3. The number of rotatable bonds is 2. The van der Waals surface area contributed by atoms with Gasteiger partial charge in [0.1, 0.15) is 17.2 Å². The van der Waals surface area contributed by atoms with Gasteiger partial charge in [-0.25, -0.2) is 0 Å². The SMILES string of the molecule is Oc1ccccc1-c1ccccc1.Oc1ccccc1-c1ccccc1O. The number of benzene rings is 4. The fraction of sp³-hybridized carbons (Fsp3) is 0. The van der Waals surface area contributed by atoms with E-state index in [9.17, 15) is 15.3 Å². The Morgan fingerprint density at radius 1 is 0.333 bits per heavy atom. The zero-order valence-corrected chi connectivity index (χ0v) is 14.7. The van der Waals surface area contributed by atoms with Crippen molar-refractivity contribution in [3.8, 4) is 39.5 Å². The molecule has 3 N–H and O–H groups in total. The van der Waals surface area contributed by atoms with E-state index in [-0.39, 0.29) is 11.5 Å². The average Bonchev–Trinajstić information content (AvgIpc) is 2.71. The van der Waals surface area contributed by atoms with Crippen LogP contribution >= 0.6 is 0 Å². The third-order valence-corrected chi connectivity index (χ3v) is 4.09. The molecule has 0 fully saturated rings. The summed E-state index contributed by atoms with van der Waals surface area (Å²) < 4.78 is 0. The first-order valence-corrected chi connectivity index (χ1v) is 8.56. The second-order valence-corrected chi connectivity index (χ2v) is 5.92. The molecule has 3 heteroatoms. The standard InChI is InChI=1S/C12H10O2.C12H10O/c13-11-7-3-1-5-9(11)10-6-2-4-8-12(10)14;13-12-9-5-4-8-11(12)10-6-2-1-3-7-10/h1-8,13-14H;1-9,13H. The Bertz CT molecular complexity index is 967. The van der Waals surface area contributed by atoms with E-state index in [0.29, 0.717) is 16.9 Å². The molecule has 0 saturated heterocycles. The predicted molar refractivity (Wildman–Crippen MR) is 109 cm³/mol. The Hall–Kier alpha value is -3.72. The molecule has 0 unspecified atom stereocenters. The van der Waals surface area contributed by atoms with Crippen molar-refractivity contribution >= 4 is 0 Å². The van der Waals surface area contributed by atoms with Crippen molar-refractivity contribution in [2.45, 2.75) is 0 Å². The van der Waals surface area contributed by atoms with E-state index in [1.807, 2.05) is 60.7 Å². The van der Waals surface area contributed by atoms with Crippen molar-refractivity contribution in [3.63, 3.8) is 0 Å². The van der Waals surface area contributed by atoms with Gasteiger partial charge >= 0.3 is 0 Å². The lowest BCUT2D eigenvalue weighted by Gasteiger charge is -2.05. The first-order chi connectivity index (χ1) is 13.2. The molecule has 134 valence electrons. The van der Waals surface area contributed by atoms with Crippen LogP contribution in [0.15, 0.2) is 103 Å². The van der Waals surface area contributed by atoms with Crippen LogP contribution < -0.4 is 0 Å². The summed E-state index contributed by atoms with van der Waals surface area (Å²) in [7, 11) is 0. The highest BCUT2D eigenvalue weighted by Gasteiger charge is 2.06. The lowest BCUT2D eigenvalue weighted by atomic mass is 10.0. The molecule has 0 aliphatic heterocycles. The highest BCUT2D eigenvalue weighted by atomic mass is 16.3. The van der Waals surface area contributed by atoms with E-state index in [1.54, 1.807) is 42.5 Å². The van der Waals surface area contributed by atoms with Gasteiger partial charge in [0.15, 0.2) is 0 Å². The van der Waals surface area contributed by atoms with Gasteiger partial charge in [-0.3, -0.25) is 0 Å². The van der Waals surface area contributed by atoms with Crippen molar-refractivity contribution < 1.29 is 15.3 Å². The molecule has 0 atom stereocenters. The van der Waals surface area contributed by atoms with E-state index in [1.165, 1.54) is 0 Å². The minimum Gasteiger partial charge on any atom is -0.507 e. The summed E-state index contributed by atoms with van der Waals surface area (Å²) in [5, 5.41) is 28.7. The largest absolute Gasteiger partial charge is 0.507 e. The Balaban J connectivity index is 0.000000156. The highest BCUT2D eigenvalue weighted by Crippen LogP contribution is 2.34. The highest BCUT2D eigenvalue weighted by molar-refractivity contribution is 5.75. The Labute approximate surface area is 158 Å². The number of aromatic hydroxyl groups is 3. The average molecular weight is 356 g/mol. The molecule has 0 aliphatic carbocycles. The molecule has 0 heterocycles. The normalized spacial score (nSPS) is 9.93. The number of phenolic OH excluding ortho intramolecular Hbond substituents is 3. The molecule has 0 amide bonds. The van der Waals surface area contributed by atoms with E-state index < -0.39 is 0 Å². The van der Waals surface area contributed by atoms with Gasteiger partial charge in [0.25, 0.3) is 0 Å². The second kappa shape index (κ2) is 8.59. The summed E-state index contributed by atoms with van der Waals surface area (Å²) in [4.78, 5) is 0. The molecule has 0 aliphatic rings. The molecule has 27 heavy (non-hydrogen) atoms. The van der Waals surface area contributed by atoms with Crippen LogP contribution in [0.1, 0.15) is 0 Å². The minimum absolute atomic E-state index is 0.175. The maximum atomic E-state index is 9.58. The number of phenols is 3. The lowest BCUT2D eigenvalue weighted by molar-refractivity contribution is 0.469. The van der Waals surface area contributed by atoms with Crippen LogP contribution in [0.3, 0.4) is 0 Å². The Kier molecular flexibility index (Phi) is 5.75. The predicted octanol–water partition coefficient (Wildman–Crippen LogP) is 5.82. The molecule has 0 aromatic heterocycles. The number of para-hydroxylation sites is 3. The molecule has 0 radical (unpaired) electrons. The minimum atomic E-state index is 0.175. The lowest BCUT2D eigenvalue weighted by Crippen LogP contribution is -1.79. The molecule has 3 nitrogen and oxygen atoms in total. The van der Waals surface area contributed by atoms with Crippen molar-refractivity contribution in [3.05, 3.63) is 103 Å². The molecule has 0 bridgehead atoms. The Morgan fingerprint density at radius 3 is 1.07 bits per heavy atom. The van der Waals surface area contributed by atoms with Crippen LogP contribution in [0.4, 0.5) is 0 Å². The smallest absolute Gasteiger partial charge is 0.123 e. The molecule has 4 aromatic carbocycles. The maximum Gasteiger partial charge on any atom is 0.123 e. The van der Waals surface area contributed by atoms with Gasteiger partial charge in [-0.15, -0.1) is 0 Å². The quantitative estimate of drug-likeness (QED) is 0.424. The third-order valence-electron chi connectivity index (χ3n) is 4.09. The second-order valence-electron chi connectivity index (χ2n) is 5.92. The number of hydrogen-bond acceptors (Lipinski definition) is 3. The van der Waals surface area contributed by atoms with Gasteiger partial charge < -0.3 is 15.3 Å². The van der Waals surface area contributed by atoms with Crippen molar-refractivity contribution in [1.29, 1.82) is 0 Å². The van der Waals surface area contributed by atoms with Crippen LogP contribution in [-0.4, -0.2) is 15.3 Å². The zero-order chi connectivity index (χ0) is 19.1. The van der Waals surface area contributed by atoms with Gasteiger partial charge in [0.2, 0.25) is 0 Å². The summed E-state index contributed by atoms with van der Waals surface area (Å²) in [6, 6.07) is 31.1. The van der Waals surface area contributed by atoms with Gasteiger partial charge in [-0.05, 0) is 23.8 Å². The monoisotopic (exact) mass is 356 g/mol. The zero-order valence-electron chi connectivity index (χ0n) is 14.7. The molecule has 4 rings (SSSR count). The van der Waals surface area contributed by atoms with Crippen molar-refractivity contribution in [2.24, 2.45) is 0 Å². The van der Waals surface area contributed by atoms with Gasteiger partial charge in [-0.2, -0.15) is 0 Å². The first kappa shape index (κ1) is 18.1. The van der Waals surface area contributed by atoms with Crippen LogP contribution in [0.25, 0.3) is 22.3 Å². The van der Waals surface area contributed by atoms with E-state index in [4.69, 9.17) is 0 Å². The Morgan fingerprint density at radius 2 is 0.667 bits per heavy atom. The topological polar surface area (TPSA) is 60.7 Å². The summed E-state index contributed by atoms with van der Waals surface area (Å²) in [6.07, 6.45) is 0. The summed E-state index contributed by atoms with van der Waals surface area (Å²) in [6.45, 7) is 0. The third kappa shape index (κ3) is 4.47. The molecular formula is C24H20O3. The van der Waals surface area contributed by atoms with E-state index in [0.717, 1.165) is 11.1 Å². The molecule has 0 spiro atoms. The van der Waals surface area contributed by atoms with E-state index >= 15 is 0 Å².